The van der Waals surface area contributed by atoms with Crippen LogP contribution in [0.25, 0.3) is 0 Å². The summed E-state index contributed by atoms with van der Waals surface area (Å²) < 4.78 is 0. The van der Waals surface area contributed by atoms with Gasteiger partial charge in [0.15, 0.2) is 0 Å². The molecule has 1 spiro atoms. The molecule has 1 saturated heterocycles. The summed E-state index contributed by atoms with van der Waals surface area (Å²) in [4.78, 5) is 26.9. The molecule has 1 aliphatic carbocycles. The molecule has 2 fully saturated rings. The third-order valence-corrected chi connectivity index (χ3v) is 5.34. The van der Waals surface area contributed by atoms with Crippen molar-refractivity contribution in [2.24, 2.45) is 0 Å². The molecule has 1 aliphatic heterocycles. The number of nitrogens with one attached hydrogen (secondary N) is 1. The summed E-state index contributed by atoms with van der Waals surface area (Å²) in [5.41, 5.74) is -0.732. The lowest BCUT2D eigenvalue weighted by Gasteiger charge is -2.49. The van der Waals surface area contributed by atoms with Crippen LogP contribution < -0.4 is 5.32 Å². The second-order valence-corrected chi connectivity index (χ2v) is 6.01. The summed E-state index contributed by atoms with van der Waals surface area (Å²) in [5, 5.41) is 2.99. The van der Waals surface area contributed by atoms with Crippen molar-refractivity contribution in [3.63, 3.8) is 0 Å². The fourth-order valence-corrected chi connectivity index (χ4v) is 3.86. The first kappa shape index (κ1) is 14.4. The van der Waals surface area contributed by atoms with Crippen LogP contribution in [-0.2, 0) is 9.59 Å². The van der Waals surface area contributed by atoms with Crippen molar-refractivity contribution in [1.29, 1.82) is 0 Å². The lowest BCUT2D eigenvalue weighted by Crippen LogP contribution is -2.70. The molecule has 0 radical (unpaired) electrons. The predicted molar refractivity (Wildman–Crippen MR) is 74.7 cm³/mol. The van der Waals surface area contributed by atoms with E-state index in [9.17, 15) is 9.59 Å². The number of piperazine rings is 1. The maximum Gasteiger partial charge on any atom is 0.249 e. The van der Waals surface area contributed by atoms with Crippen LogP contribution in [0.3, 0.4) is 0 Å². The molecule has 108 valence electrons. The summed E-state index contributed by atoms with van der Waals surface area (Å²) in [6.07, 6.45) is 6.43. The van der Waals surface area contributed by atoms with Gasteiger partial charge in [-0.25, -0.2) is 0 Å². The molecular weight excluding hydrogens is 240 g/mol. The molecule has 1 heterocycles. The summed E-state index contributed by atoms with van der Waals surface area (Å²) in [5.74, 6) is 0.177. The van der Waals surface area contributed by atoms with Gasteiger partial charge in [-0.3, -0.25) is 9.59 Å². The lowest BCUT2D eigenvalue weighted by molar-refractivity contribution is -0.157. The second kappa shape index (κ2) is 5.14. The van der Waals surface area contributed by atoms with Crippen LogP contribution in [0, 0.1) is 0 Å². The molecule has 2 rings (SSSR count). The summed E-state index contributed by atoms with van der Waals surface area (Å²) in [6.45, 7) is 6.59. The Labute approximate surface area is 115 Å². The molecule has 19 heavy (non-hydrogen) atoms. The van der Waals surface area contributed by atoms with Gasteiger partial charge >= 0.3 is 0 Å². The van der Waals surface area contributed by atoms with Crippen molar-refractivity contribution in [1.82, 2.24) is 10.2 Å². The highest BCUT2D eigenvalue weighted by Gasteiger charge is 2.52. The molecule has 0 atom stereocenters. The normalized spacial score (nSPS) is 23.0. The number of amides is 2. The number of hydrogen-bond donors (Lipinski definition) is 1. The third kappa shape index (κ3) is 2.15. The van der Waals surface area contributed by atoms with Crippen LogP contribution in [0.15, 0.2) is 0 Å². The number of nitrogens with zero attached hydrogens (tertiary/aromatic N) is 1. The number of carbonyl (C=O) groups is 2. The van der Waals surface area contributed by atoms with Gasteiger partial charge < -0.3 is 10.2 Å². The second-order valence-electron chi connectivity index (χ2n) is 6.01. The van der Waals surface area contributed by atoms with Crippen molar-refractivity contribution in [2.75, 3.05) is 6.54 Å². The number of rotatable bonds is 4. The van der Waals surface area contributed by atoms with Gasteiger partial charge in [-0.05, 0) is 32.1 Å². The summed E-state index contributed by atoms with van der Waals surface area (Å²) >= 11 is 0. The van der Waals surface area contributed by atoms with Gasteiger partial charge in [-0.15, -0.1) is 0 Å². The van der Waals surface area contributed by atoms with Crippen molar-refractivity contribution >= 4 is 11.8 Å². The van der Waals surface area contributed by atoms with Crippen molar-refractivity contribution < 1.29 is 9.59 Å². The molecule has 0 aromatic rings. The van der Waals surface area contributed by atoms with E-state index in [1.54, 1.807) is 0 Å². The van der Waals surface area contributed by atoms with Gasteiger partial charge in [-0.2, -0.15) is 0 Å². The van der Waals surface area contributed by atoms with E-state index in [1.807, 2.05) is 4.90 Å². The molecule has 0 bridgehead atoms. The Balaban J connectivity index is 2.34. The molecule has 2 aliphatic rings. The van der Waals surface area contributed by atoms with E-state index in [2.05, 4.69) is 26.1 Å². The van der Waals surface area contributed by atoms with Gasteiger partial charge in [0.2, 0.25) is 11.8 Å². The highest BCUT2D eigenvalue weighted by Crippen LogP contribution is 2.38. The molecule has 0 unspecified atom stereocenters. The van der Waals surface area contributed by atoms with E-state index in [1.165, 1.54) is 0 Å². The lowest BCUT2D eigenvalue weighted by atomic mass is 9.83. The zero-order valence-electron chi connectivity index (χ0n) is 12.4. The zero-order valence-corrected chi connectivity index (χ0v) is 12.4. The Morgan fingerprint density at radius 1 is 1.11 bits per heavy atom. The average Bonchev–Trinajstić information content (AvgIpc) is 2.87. The van der Waals surface area contributed by atoms with Crippen LogP contribution in [0.4, 0.5) is 0 Å². The van der Waals surface area contributed by atoms with E-state index >= 15 is 0 Å². The van der Waals surface area contributed by atoms with Gasteiger partial charge in [0.05, 0.1) is 0 Å². The minimum atomic E-state index is -0.583. The highest BCUT2D eigenvalue weighted by molar-refractivity contribution is 5.98. The molecule has 4 heteroatoms. The SMILES string of the molecule is CCC(CC)(CC)N1CC(=O)NC2(CCCC2)C1=O. The molecule has 0 aromatic heterocycles. The topological polar surface area (TPSA) is 49.4 Å². The zero-order chi connectivity index (χ0) is 14.1. The largest absolute Gasteiger partial charge is 0.340 e. The van der Waals surface area contributed by atoms with Crippen molar-refractivity contribution in [2.45, 2.75) is 76.8 Å². The Morgan fingerprint density at radius 3 is 2.11 bits per heavy atom. The minimum absolute atomic E-state index is 0.0150. The van der Waals surface area contributed by atoms with E-state index in [0.717, 1.165) is 44.9 Å². The first-order valence-corrected chi connectivity index (χ1v) is 7.66. The fraction of sp³-hybridized carbons (Fsp3) is 0.867. The molecule has 0 aromatic carbocycles. The van der Waals surface area contributed by atoms with Gasteiger partial charge in [-0.1, -0.05) is 33.6 Å². The maximum atomic E-state index is 12.9. The average molecular weight is 266 g/mol. The Hall–Kier alpha value is -1.06. The molecule has 2 amide bonds. The van der Waals surface area contributed by atoms with E-state index in [0.29, 0.717) is 0 Å². The standard InChI is InChI=1S/C15H26N2O2/c1-4-14(5-2,6-3)17-11-12(18)16-15(13(17)19)9-7-8-10-15/h4-11H2,1-3H3,(H,16,18). The Bertz CT molecular complexity index is 360. The van der Waals surface area contributed by atoms with E-state index < -0.39 is 5.54 Å². The minimum Gasteiger partial charge on any atom is -0.340 e. The highest BCUT2D eigenvalue weighted by atomic mass is 16.2. The molecule has 1 N–H and O–H groups in total. The first-order valence-electron chi connectivity index (χ1n) is 7.66. The summed E-state index contributed by atoms with van der Waals surface area (Å²) in [7, 11) is 0. The molecular formula is C15H26N2O2. The number of hydrogen-bond acceptors (Lipinski definition) is 2. The van der Waals surface area contributed by atoms with Crippen LogP contribution in [0.1, 0.15) is 65.7 Å². The monoisotopic (exact) mass is 266 g/mol. The predicted octanol–water partition coefficient (Wildman–Crippen LogP) is 2.23. The smallest absolute Gasteiger partial charge is 0.249 e. The van der Waals surface area contributed by atoms with Crippen LogP contribution >= 0.6 is 0 Å². The van der Waals surface area contributed by atoms with Crippen molar-refractivity contribution in [3.8, 4) is 0 Å². The Morgan fingerprint density at radius 2 is 1.63 bits per heavy atom. The summed E-state index contributed by atoms with van der Waals surface area (Å²) in [6, 6.07) is 0. The van der Waals surface area contributed by atoms with E-state index in [-0.39, 0.29) is 23.9 Å². The van der Waals surface area contributed by atoms with E-state index in [4.69, 9.17) is 0 Å². The maximum absolute atomic E-state index is 12.9. The van der Waals surface area contributed by atoms with Gasteiger partial charge in [0.1, 0.15) is 12.1 Å². The number of carbonyl (C=O) groups excluding carboxylic acids is 2. The Kier molecular flexibility index (Phi) is 3.88. The van der Waals surface area contributed by atoms with Crippen LogP contribution in [0.2, 0.25) is 0 Å². The van der Waals surface area contributed by atoms with Gasteiger partial charge in [0.25, 0.3) is 0 Å². The molecule has 4 nitrogen and oxygen atoms in total. The van der Waals surface area contributed by atoms with Crippen LogP contribution in [0.5, 0.6) is 0 Å². The van der Waals surface area contributed by atoms with Crippen molar-refractivity contribution in [3.05, 3.63) is 0 Å². The van der Waals surface area contributed by atoms with Gasteiger partial charge in [0, 0.05) is 5.54 Å². The quantitative estimate of drug-likeness (QED) is 0.848. The van der Waals surface area contributed by atoms with Crippen LogP contribution in [-0.4, -0.2) is 34.3 Å². The third-order valence-electron chi connectivity index (χ3n) is 5.34. The fourth-order valence-electron chi connectivity index (χ4n) is 3.86. The first-order chi connectivity index (χ1) is 9.03. The molecule has 1 saturated carbocycles.